The van der Waals surface area contributed by atoms with Crippen molar-refractivity contribution in [1.82, 2.24) is 4.90 Å². The van der Waals surface area contributed by atoms with Gasteiger partial charge in [-0.15, -0.1) is 0 Å². The van der Waals surface area contributed by atoms with Crippen LogP contribution in [0.5, 0.6) is 0 Å². The van der Waals surface area contributed by atoms with Crippen LogP contribution in [-0.4, -0.2) is 41.4 Å². The number of thioether (sulfide) groups is 1. The molecule has 1 unspecified atom stereocenters. The first-order chi connectivity index (χ1) is 5.61. The van der Waals surface area contributed by atoms with E-state index in [9.17, 15) is 9.50 Å². The van der Waals surface area contributed by atoms with Crippen LogP contribution in [0.25, 0.3) is 0 Å². The fourth-order valence-corrected chi connectivity index (χ4v) is 2.62. The van der Waals surface area contributed by atoms with Crippen molar-refractivity contribution < 1.29 is 9.50 Å². The van der Waals surface area contributed by atoms with Crippen LogP contribution in [0.1, 0.15) is 13.8 Å². The van der Waals surface area contributed by atoms with Gasteiger partial charge in [0.25, 0.3) is 0 Å². The number of carbonyl (C=O) groups is 1. The molecule has 5 heteroatoms. The average molecular weight is 185 g/mol. The van der Waals surface area contributed by atoms with Crippen molar-refractivity contribution in [3.8, 4) is 0 Å². The summed E-state index contributed by atoms with van der Waals surface area (Å²) < 4.78 is 10.3. The Labute approximate surface area is 77.1 Å². The second-order valence-corrected chi connectivity index (χ2v) is 4.90. The van der Waals surface area contributed by atoms with Gasteiger partial charge in [0.2, 0.25) is 0 Å². The summed E-state index contributed by atoms with van der Waals surface area (Å²) in [5, 5.41) is 0. The van der Waals surface area contributed by atoms with E-state index in [4.69, 9.17) is 0 Å². The van der Waals surface area contributed by atoms with E-state index in [1.54, 1.807) is 11.8 Å². The van der Waals surface area contributed by atoms with Crippen LogP contribution in [0.15, 0.2) is 0 Å². The molecular weight excluding hydrogens is 173 g/mol. The van der Waals surface area contributed by atoms with Gasteiger partial charge in [0.15, 0.2) is 0 Å². The maximum atomic E-state index is 10.6. The topological polar surface area (TPSA) is 37.4 Å². The second-order valence-electron chi connectivity index (χ2n) is 3.28. The van der Waals surface area contributed by atoms with Crippen LogP contribution < -0.4 is 0 Å². The monoisotopic (exact) mass is 185 g/mol. The Morgan fingerprint density at radius 2 is 2.42 bits per heavy atom. The quantitative estimate of drug-likeness (QED) is 0.469. The predicted octanol–water partition coefficient (Wildman–Crippen LogP) is 0.346. The summed E-state index contributed by atoms with van der Waals surface area (Å²) in [7, 11) is 0.851. The summed E-state index contributed by atoms with van der Waals surface area (Å²) in [5.41, 5.74) is 0. The zero-order valence-electron chi connectivity index (χ0n) is 7.32. The number of hydrogen-bond acceptors (Lipinski definition) is 4. The molecule has 1 atom stereocenters. The van der Waals surface area contributed by atoms with Gasteiger partial charge in [-0.05, 0) is 0 Å². The molecule has 0 aliphatic carbocycles. The molecule has 1 saturated heterocycles. The van der Waals surface area contributed by atoms with Gasteiger partial charge in [0.05, 0.1) is 0 Å². The fraction of sp³-hybridized carbons (Fsp3) is 0.857. The third-order valence-corrected chi connectivity index (χ3v) is 3.58. The fourth-order valence-electron chi connectivity index (χ4n) is 1.41. The van der Waals surface area contributed by atoms with Gasteiger partial charge in [0, 0.05) is 0 Å². The van der Waals surface area contributed by atoms with Gasteiger partial charge >= 0.3 is 76.6 Å². The molecule has 0 N–H and O–H groups in total. The van der Waals surface area contributed by atoms with Crippen LogP contribution in [0.2, 0.25) is 0 Å². The molecule has 12 heavy (non-hydrogen) atoms. The average Bonchev–Trinajstić information content (AvgIpc) is 2.29. The summed E-state index contributed by atoms with van der Waals surface area (Å²) in [6, 6.07) is -0.0878. The molecule has 0 radical (unpaired) electrons. The Bertz CT molecular complexity index is 198. The second kappa shape index (κ2) is 3.70. The third-order valence-electron chi connectivity index (χ3n) is 2.13. The van der Waals surface area contributed by atoms with Crippen molar-refractivity contribution in [3.63, 3.8) is 0 Å². The van der Waals surface area contributed by atoms with E-state index < -0.39 is 0 Å². The van der Waals surface area contributed by atoms with Gasteiger partial charge in [-0.3, -0.25) is 0 Å². The Balaban J connectivity index is 2.72. The zero-order chi connectivity index (χ0) is 9.19. The number of nitrogens with zero attached hydrogens (tertiary/aromatic N) is 1. The van der Waals surface area contributed by atoms with E-state index in [1.807, 2.05) is 18.7 Å². The molecule has 1 rings (SSSR count). The van der Waals surface area contributed by atoms with Crippen molar-refractivity contribution in [3.05, 3.63) is 0 Å². The molecular formula is C7H12BNO2S. The molecule has 0 bridgehead atoms. The first-order valence-electron chi connectivity index (χ1n) is 3.91. The molecule has 0 aromatic carbocycles. The van der Waals surface area contributed by atoms with E-state index in [1.165, 1.54) is 0 Å². The van der Waals surface area contributed by atoms with Crippen molar-refractivity contribution in [2.24, 2.45) is 0 Å². The molecule has 66 valence electrons. The maximum absolute atomic E-state index is 10.6. The van der Waals surface area contributed by atoms with Crippen LogP contribution >= 0.6 is 11.8 Å². The predicted molar refractivity (Wildman–Crippen MR) is 49.5 cm³/mol. The van der Waals surface area contributed by atoms with Gasteiger partial charge < -0.3 is 0 Å². The first kappa shape index (κ1) is 9.93. The van der Waals surface area contributed by atoms with E-state index in [2.05, 4.69) is 0 Å². The normalized spacial score (nSPS) is 28.3. The van der Waals surface area contributed by atoms with Gasteiger partial charge in [-0.25, -0.2) is 0 Å². The van der Waals surface area contributed by atoms with Crippen molar-refractivity contribution in [1.29, 1.82) is 0 Å². The molecule has 0 aromatic rings. The third kappa shape index (κ3) is 1.77. The van der Waals surface area contributed by atoms with Crippen LogP contribution in [0.3, 0.4) is 0 Å². The Kier molecular flexibility index (Phi) is 3.07. The molecule has 1 fully saturated rings. The number of hydrogen-bond donors (Lipinski definition) is 0. The molecule has 1 heterocycles. The first-order valence-corrected chi connectivity index (χ1v) is 4.90. The number of aldehydes is 1. The van der Waals surface area contributed by atoms with Gasteiger partial charge in [0.1, 0.15) is 0 Å². The Hall–Kier alpha value is -0.155. The summed E-state index contributed by atoms with van der Waals surface area (Å²) in [5.74, 6) is 0.796. The van der Waals surface area contributed by atoms with Gasteiger partial charge in [-0.1, -0.05) is 0 Å². The zero-order valence-corrected chi connectivity index (χ0v) is 8.13. The van der Waals surface area contributed by atoms with Crippen LogP contribution in [0.4, 0.5) is 0 Å². The minimum atomic E-state index is -0.0878. The molecule has 0 saturated carbocycles. The van der Waals surface area contributed by atoms with Crippen molar-refractivity contribution in [2.45, 2.75) is 24.8 Å². The summed E-state index contributed by atoms with van der Waals surface area (Å²) in [4.78, 5) is 12.5. The van der Waals surface area contributed by atoms with Crippen molar-refractivity contribution in [2.75, 3.05) is 12.2 Å². The summed E-state index contributed by atoms with van der Waals surface area (Å²) in [6.45, 7) is 4.06. The van der Waals surface area contributed by atoms with E-state index in [0.717, 1.165) is 19.2 Å². The van der Waals surface area contributed by atoms with E-state index in [-0.39, 0.29) is 10.9 Å². The molecule has 0 amide bonds. The summed E-state index contributed by atoms with van der Waals surface area (Å²) in [6.07, 6.45) is 1.27. The molecule has 3 nitrogen and oxygen atoms in total. The van der Waals surface area contributed by atoms with E-state index in [0.29, 0.717) is 6.44 Å². The van der Waals surface area contributed by atoms with Crippen LogP contribution in [0, 0.1) is 0 Å². The molecule has 0 spiro atoms. The van der Waals surface area contributed by atoms with Gasteiger partial charge in [-0.2, -0.15) is 0 Å². The van der Waals surface area contributed by atoms with Crippen molar-refractivity contribution >= 4 is 25.2 Å². The molecule has 1 aliphatic rings. The standard InChI is InChI=1S/C7H12BNO2S/c1-7(2)9(5-8-11)6(3-10)4-12-7/h3,6H,4-5H2,1-2H3. The van der Waals surface area contributed by atoms with Crippen LogP contribution in [-0.2, 0) is 9.50 Å². The minimum absolute atomic E-state index is 0.0769. The number of carbonyl (C=O) groups excluding carboxylic acids is 1. The van der Waals surface area contributed by atoms with E-state index >= 15 is 0 Å². The summed E-state index contributed by atoms with van der Waals surface area (Å²) >= 11 is 1.72. The Morgan fingerprint density at radius 1 is 1.75 bits per heavy atom. The SMILES string of the molecule is CC1(C)SCC(C=O)N1CB=O. The Morgan fingerprint density at radius 3 is 2.92 bits per heavy atom. The molecule has 1 aliphatic heterocycles. The number of rotatable bonds is 3. The molecule has 0 aromatic heterocycles.